The van der Waals surface area contributed by atoms with Crippen LogP contribution in [0.4, 0.5) is 0 Å². The summed E-state index contributed by atoms with van der Waals surface area (Å²) < 4.78 is 4.50. The van der Waals surface area contributed by atoms with Crippen molar-refractivity contribution >= 4 is 16.9 Å². The van der Waals surface area contributed by atoms with E-state index in [2.05, 4.69) is 4.98 Å². The van der Waals surface area contributed by atoms with Gasteiger partial charge >= 0.3 is 5.69 Å². The Morgan fingerprint density at radius 2 is 1.85 bits per heavy atom. The van der Waals surface area contributed by atoms with Crippen LogP contribution in [0.25, 0.3) is 11.2 Å². The molecule has 7 nitrogen and oxygen atoms in total. The number of fused-ring (bicyclic) bond motifs is 1. The third-order valence-corrected chi connectivity index (χ3v) is 4.41. The molecule has 0 N–H and O–H groups in total. The third-order valence-electron chi connectivity index (χ3n) is 4.41. The van der Waals surface area contributed by atoms with Crippen LogP contribution >= 0.6 is 0 Å². The van der Waals surface area contributed by atoms with Crippen molar-refractivity contribution < 1.29 is 4.79 Å². The highest BCUT2D eigenvalue weighted by atomic mass is 16.2. The van der Waals surface area contributed by atoms with Gasteiger partial charge in [-0.1, -0.05) is 30.3 Å². The van der Waals surface area contributed by atoms with Gasteiger partial charge in [0.05, 0.1) is 6.33 Å². The minimum atomic E-state index is -0.376. The van der Waals surface area contributed by atoms with Crippen LogP contribution in [0.1, 0.15) is 32.3 Å². The molecule has 0 fully saturated rings. The molecule has 3 rings (SSSR count). The number of Topliss-reactive ketones (excluding diaryl/α,β-unsaturated/α-hetero) is 1. The molecule has 0 saturated heterocycles. The summed E-state index contributed by atoms with van der Waals surface area (Å²) in [6.07, 6.45) is 2.41. The number of hydrogen-bond acceptors (Lipinski definition) is 4. The molecule has 2 heterocycles. The molecule has 0 unspecified atom stereocenters. The Morgan fingerprint density at radius 1 is 1.12 bits per heavy atom. The molecule has 0 aliphatic rings. The molecule has 0 saturated carbocycles. The smallest absolute Gasteiger partial charge is 0.320 e. The molecule has 0 atom stereocenters. The van der Waals surface area contributed by atoms with Crippen molar-refractivity contribution in [3.05, 3.63) is 63.1 Å². The van der Waals surface area contributed by atoms with Crippen LogP contribution < -0.4 is 11.2 Å². The second-order valence-electron chi connectivity index (χ2n) is 6.32. The molecule has 0 aliphatic carbocycles. The average molecular weight is 354 g/mol. The van der Waals surface area contributed by atoms with E-state index in [0.717, 1.165) is 5.56 Å². The fourth-order valence-corrected chi connectivity index (χ4v) is 3.11. The van der Waals surface area contributed by atoms with Crippen LogP contribution in [-0.4, -0.2) is 24.5 Å². The van der Waals surface area contributed by atoms with Crippen molar-refractivity contribution in [2.24, 2.45) is 0 Å². The molecule has 2 aromatic heterocycles. The highest BCUT2D eigenvalue weighted by Crippen LogP contribution is 2.10. The molecule has 7 heteroatoms. The summed E-state index contributed by atoms with van der Waals surface area (Å²) in [5.41, 5.74) is 1.13. The van der Waals surface area contributed by atoms with E-state index in [0.29, 0.717) is 37.1 Å². The number of carbonyl (C=O) groups excluding carboxylic acids is 1. The first-order valence-electron chi connectivity index (χ1n) is 8.74. The van der Waals surface area contributed by atoms with Gasteiger partial charge in [-0.3, -0.25) is 13.9 Å². The molecule has 26 heavy (non-hydrogen) atoms. The predicted molar refractivity (Wildman–Crippen MR) is 99.4 cm³/mol. The molecular formula is C19H22N4O3. The van der Waals surface area contributed by atoms with E-state index >= 15 is 0 Å². The average Bonchev–Trinajstić information content (AvgIpc) is 3.02. The van der Waals surface area contributed by atoms with Gasteiger partial charge in [-0.05, 0) is 25.8 Å². The maximum atomic E-state index is 13.0. The lowest BCUT2D eigenvalue weighted by molar-refractivity contribution is -0.117. The molecule has 136 valence electrons. The number of nitrogens with zero attached hydrogens (tertiary/aromatic N) is 4. The quantitative estimate of drug-likeness (QED) is 0.648. The number of rotatable bonds is 7. The topological polar surface area (TPSA) is 78.9 Å². The maximum Gasteiger partial charge on any atom is 0.332 e. The Bertz CT molecular complexity index is 1040. The van der Waals surface area contributed by atoms with Crippen LogP contribution in [0.15, 0.2) is 46.2 Å². The fraction of sp³-hybridized carbons (Fsp3) is 0.368. The van der Waals surface area contributed by atoms with Gasteiger partial charge < -0.3 is 9.36 Å². The Kier molecular flexibility index (Phi) is 5.16. The summed E-state index contributed by atoms with van der Waals surface area (Å²) >= 11 is 0. The minimum absolute atomic E-state index is 0.0454. The number of aromatic nitrogens is 4. The molecule has 0 radical (unpaired) electrons. The standard InChI is InChI=1S/C19H22N4O3/c1-3-22-17-16(18(25)23(19(22)26)11-7-8-14(2)24)21(13-20-17)12-15-9-5-4-6-10-15/h4-6,9-10,13H,3,7-8,11-12H2,1-2H3. The van der Waals surface area contributed by atoms with Crippen molar-refractivity contribution in [1.29, 1.82) is 0 Å². The third kappa shape index (κ3) is 3.37. The number of aryl methyl sites for hydroxylation is 1. The lowest BCUT2D eigenvalue weighted by atomic mass is 10.2. The lowest BCUT2D eigenvalue weighted by Gasteiger charge is -2.11. The number of hydrogen-bond donors (Lipinski definition) is 0. The Balaban J connectivity index is 2.10. The first kappa shape index (κ1) is 17.8. The normalized spacial score (nSPS) is 11.2. The summed E-state index contributed by atoms with van der Waals surface area (Å²) in [7, 11) is 0. The molecule has 0 spiro atoms. The molecular weight excluding hydrogens is 332 g/mol. The highest BCUT2D eigenvalue weighted by molar-refractivity contribution is 5.75. The summed E-state index contributed by atoms with van der Waals surface area (Å²) in [6.45, 7) is 4.50. The Labute approximate surface area is 150 Å². The van der Waals surface area contributed by atoms with E-state index in [1.54, 1.807) is 10.9 Å². The summed E-state index contributed by atoms with van der Waals surface area (Å²) in [5.74, 6) is 0.0454. The monoisotopic (exact) mass is 354 g/mol. The second-order valence-corrected chi connectivity index (χ2v) is 6.32. The number of ketones is 1. The van der Waals surface area contributed by atoms with Crippen LogP contribution in [0, 0.1) is 0 Å². The van der Waals surface area contributed by atoms with Gasteiger partial charge in [0.1, 0.15) is 5.78 Å². The largest absolute Gasteiger partial charge is 0.332 e. The molecule has 3 aromatic rings. The molecule has 1 aromatic carbocycles. The SMILES string of the molecule is CCn1c(=O)n(CCCC(C)=O)c(=O)c2c1ncn2Cc1ccccc1. The van der Waals surface area contributed by atoms with Gasteiger partial charge in [0.25, 0.3) is 5.56 Å². The van der Waals surface area contributed by atoms with Gasteiger partial charge in [0.2, 0.25) is 0 Å². The van der Waals surface area contributed by atoms with Gasteiger partial charge in [-0.25, -0.2) is 9.78 Å². The molecule has 0 aliphatic heterocycles. The van der Waals surface area contributed by atoms with E-state index in [9.17, 15) is 14.4 Å². The van der Waals surface area contributed by atoms with Crippen LogP contribution in [0.5, 0.6) is 0 Å². The van der Waals surface area contributed by atoms with Gasteiger partial charge in [-0.15, -0.1) is 0 Å². The van der Waals surface area contributed by atoms with Crippen LogP contribution in [0.2, 0.25) is 0 Å². The summed E-state index contributed by atoms with van der Waals surface area (Å²) in [5, 5.41) is 0. The molecule has 0 amide bonds. The van der Waals surface area contributed by atoms with E-state index in [1.807, 2.05) is 37.3 Å². The Hall–Kier alpha value is -2.96. The van der Waals surface area contributed by atoms with Gasteiger partial charge in [0, 0.05) is 26.1 Å². The Morgan fingerprint density at radius 3 is 2.50 bits per heavy atom. The van der Waals surface area contributed by atoms with Crippen molar-refractivity contribution in [2.75, 3.05) is 0 Å². The summed E-state index contributed by atoms with van der Waals surface area (Å²) in [4.78, 5) is 41.1. The zero-order chi connectivity index (χ0) is 18.7. The van der Waals surface area contributed by atoms with Crippen LogP contribution in [-0.2, 0) is 24.4 Å². The maximum absolute atomic E-state index is 13.0. The van der Waals surface area contributed by atoms with Crippen molar-refractivity contribution in [3.8, 4) is 0 Å². The van der Waals surface area contributed by atoms with E-state index < -0.39 is 0 Å². The first-order valence-corrected chi connectivity index (χ1v) is 8.74. The molecule has 0 bridgehead atoms. The van der Waals surface area contributed by atoms with E-state index in [4.69, 9.17) is 0 Å². The summed E-state index contributed by atoms with van der Waals surface area (Å²) in [6, 6.07) is 9.78. The fourth-order valence-electron chi connectivity index (χ4n) is 3.11. The second kappa shape index (κ2) is 7.51. The first-order chi connectivity index (χ1) is 12.5. The zero-order valence-corrected chi connectivity index (χ0v) is 15.0. The predicted octanol–water partition coefficient (Wildman–Crippen LogP) is 1.80. The minimum Gasteiger partial charge on any atom is -0.320 e. The van der Waals surface area contributed by atoms with Crippen molar-refractivity contribution in [1.82, 2.24) is 18.7 Å². The van der Waals surface area contributed by atoms with Gasteiger partial charge in [0.15, 0.2) is 11.2 Å². The van der Waals surface area contributed by atoms with Crippen molar-refractivity contribution in [2.45, 2.75) is 46.3 Å². The number of imidazole rings is 1. The number of carbonyl (C=O) groups is 1. The van der Waals surface area contributed by atoms with E-state index in [-0.39, 0.29) is 23.6 Å². The van der Waals surface area contributed by atoms with Crippen LogP contribution in [0.3, 0.4) is 0 Å². The zero-order valence-electron chi connectivity index (χ0n) is 15.0. The lowest BCUT2D eigenvalue weighted by Crippen LogP contribution is -2.40. The number of benzene rings is 1. The highest BCUT2D eigenvalue weighted by Gasteiger charge is 2.17. The van der Waals surface area contributed by atoms with E-state index in [1.165, 1.54) is 16.1 Å². The van der Waals surface area contributed by atoms with Crippen molar-refractivity contribution in [3.63, 3.8) is 0 Å². The van der Waals surface area contributed by atoms with Gasteiger partial charge in [-0.2, -0.15) is 0 Å².